The number of anilines is 1. The lowest BCUT2D eigenvalue weighted by molar-refractivity contribution is -0.115. The molecule has 2 rings (SSSR count). The number of hydrogen-bond acceptors (Lipinski definition) is 2. The fourth-order valence-corrected chi connectivity index (χ4v) is 2.28. The first kappa shape index (κ1) is 12.9. The van der Waals surface area contributed by atoms with Crippen molar-refractivity contribution in [3.8, 4) is 0 Å². The highest BCUT2D eigenvalue weighted by Crippen LogP contribution is 2.27. The largest absolute Gasteiger partial charge is 0.324 e. The Bertz CT molecular complexity index is 421. The van der Waals surface area contributed by atoms with Gasteiger partial charge >= 0.3 is 0 Å². The van der Waals surface area contributed by atoms with Crippen LogP contribution in [0.25, 0.3) is 0 Å². The molecule has 92 valence electrons. The van der Waals surface area contributed by atoms with Crippen molar-refractivity contribution in [3.63, 3.8) is 0 Å². The van der Waals surface area contributed by atoms with Gasteiger partial charge in [0, 0.05) is 9.50 Å². The van der Waals surface area contributed by atoms with E-state index >= 15 is 0 Å². The Balaban J connectivity index is 1.79. The van der Waals surface area contributed by atoms with Crippen LogP contribution >= 0.6 is 27.5 Å². The van der Waals surface area contributed by atoms with Gasteiger partial charge in [0.05, 0.1) is 12.2 Å². The van der Waals surface area contributed by atoms with E-state index in [0.717, 1.165) is 22.6 Å². The maximum absolute atomic E-state index is 11.6. The van der Waals surface area contributed by atoms with Crippen LogP contribution in [-0.2, 0) is 4.79 Å². The highest BCUT2D eigenvalue weighted by molar-refractivity contribution is 9.10. The summed E-state index contributed by atoms with van der Waals surface area (Å²) in [6.07, 6.45) is 2.58. The van der Waals surface area contributed by atoms with Gasteiger partial charge in [0.25, 0.3) is 0 Å². The molecule has 0 unspecified atom stereocenters. The van der Waals surface area contributed by atoms with Gasteiger partial charge in [-0.25, -0.2) is 0 Å². The second-order valence-electron chi connectivity index (χ2n) is 4.25. The molecule has 0 radical (unpaired) electrons. The topological polar surface area (TPSA) is 41.1 Å². The predicted molar refractivity (Wildman–Crippen MR) is 73.4 cm³/mol. The molecule has 1 fully saturated rings. The van der Waals surface area contributed by atoms with Crippen molar-refractivity contribution in [1.29, 1.82) is 0 Å². The van der Waals surface area contributed by atoms with Gasteiger partial charge in [0.1, 0.15) is 0 Å². The molecular formula is C12H14BrClN2O. The minimum atomic E-state index is -0.0336. The van der Waals surface area contributed by atoms with Crippen LogP contribution in [0.15, 0.2) is 22.7 Å². The highest BCUT2D eigenvalue weighted by atomic mass is 79.9. The van der Waals surface area contributed by atoms with E-state index in [2.05, 4.69) is 26.6 Å². The molecule has 1 aromatic carbocycles. The van der Waals surface area contributed by atoms with Gasteiger partial charge < -0.3 is 10.6 Å². The van der Waals surface area contributed by atoms with E-state index in [-0.39, 0.29) is 5.91 Å². The predicted octanol–water partition coefficient (Wildman–Crippen LogP) is 3.04. The summed E-state index contributed by atoms with van der Waals surface area (Å²) in [6.45, 7) is 1.29. The molecule has 1 aliphatic rings. The molecule has 0 spiro atoms. The monoisotopic (exact) mass is 316 g/mol. The summed E-state index contributed by atoms with van der Waals surface area (Å²) in [6, 6.07) is 5.29. The number of carbonyl (C=O) groups excluding carboxylic acids is 1. The lowest BCUT2D eigenvalue weighted by Crippen LogP contribution is -2.29. The summed E-state index contributed by atoms with van der Waals surface area (Å²) < 4.78 is 0.792. The Hall–Kier alpha value is -0.580. The molecule has 5 heteroatoms. The van der Waals surface area contributed by atoms with Crippen molar-refractivity contribution in [1.82, 2.24) is 5.32 Å². The van der Waals surface area contributed by atoms with Crippen LogP contribution in [0.5, 0.6) is 0 Å². The van der Waals surface area contributed by atoms with Gasteiger partial charge in [0.15, 0.2) is 0 Å². The molecule has 0 aliphatic heterocycles. The van der Waals surface area contributed by atoms with Crippen LogP contribution in [0.4, 0.5) is 5.69 Å². The van der Waals surface area contributed by atoms with Gasteiger partial charge in [-0.3, -0.25) is 4.79 Å². The van der Waals surface area contributed by atoms with E-state index in [9.17, 15) is 4.79 Å². The van der Waals surface area contributed by atoms with Gasteiger partial charge in [-0.05, 0) is 59.4 Å². The third-order valence-electron chi connectivity index (χ3n) is 2.62. The van der Waals surface area contributed by atoms with Crippen molar-refractivity contribution in [2.75, 3.05) is 18.4 Å². The molecular weight excluding hydrogens is 304 g/mol. The maximum atomic E-state index is 11.6. The Labute approximate surface area is 114 Å². The standard InChI is InChI=1S/C12H14BrClN2O/c13-10-5-9(14)3-4-11(10)16-12(17)7-15-6-8-1-2-8/h3-5,8,15H,1-2,6-7H2,(H,16,17). The third-order valence-corrected chi connectivity index (χ3v) is 3.51. The lowest BCUT2D eigenvalue weighted by Gasteiger charge is -2.08. The van der Waals surface area contributed by atoms with Gasteiger partial charge in [-0.15, -0.1) is 0 Å². The molecule has 0 heterocycles. The second-order valence-corrected chi connectivity index (χ2v) is 5.54. The smallest absolute Gasteiger partial charge is 0.238 e. The van der Waals surface area contributed by atoms with E-state index < -0.39 is 0 Å². The minimum absolute atomic E-state index is 0.0336. The van der Waals surface area contributed by atoms with E-state index in [4.69, 9.17) is 11.6 Å². The third kappa shape index (κ3) is 4.30. The van der Waals surface area contributed by atoms with E-state index in [1.807, 2.05) is 0 Å². The van der Waals surface area contributed by atoms with Crippen LogP contribution in [0, 0.1) is 5.92 Å². The fraction of sp³-hybridized carbons (Fsp3) is 0.417. The fourth-order valence-electron chi connectivity index (χ4n) is 1.50. The van der Waals surface area contributed by atoms with E-state index in [0.29, 0.717) is 11.6 Å². The summed E-state index contributed by atoms with van der Waals surface area (Å²) in [7, 11) is 0. The average Bonchev–Trinajstić information content (AvgIpc) is 3.06. The molecule has 2 N–H and O–H groups in total. The Morgan fingerprint density at radius 2 is 2.24 bits per heavy atom. The Morgan fingerprint density at radius 1 is 1.47 bits per heavy atom. The zero-order valence-electron chi connectivity index (χ0n) is 9.30. The SMILES string of the molecule is O=C(CNCC1CC1)Nc1ccc(Cl)cc1Br. The van der Waals surface area contributed by atoms with Crippen LogP contribution in [-0.4, -0.2) is 19.0 Å². The zero-order chi connectivity index (χ0) is 12.3. The van der Waals surface area contributed by atoms with Crippen LogP contribution in [0.1, 0.15) is 12.8 Å². The summed E-state index contributed by atoms with van der Waals surface area (Å²) in [4.78, 5) is 11.6. The maximum Gasteiger partial charge on any atom is 0.238 e. The molecule has 17 heavy (non-hydrogen) atoms. The number of hydrogen-bond donors (Lipinski definition) is 2. The minimum Gasteiger partial charge on any atom is -0.324 e. The number of halogens is 2. The normalized spacial score (nSPS) is 14.7. The molecule has 0 saturated heterocycles. The molecule has 0 aromatic heterocycles. The van der Waals surface area contributed by atoms with Gasteiger partial charge in [-0.1, -0.05) is 11.6 Å². The number of amides is 1. The van der Waals surface area contributed by atoms with Crippen molar-refractivity contribution in [3.05, 3.63) is 27.7 Å². The molecule has 0 atom stereocenters. The highest BCUT2D eigenvalue weighted by Gasteiger charge is 2.20. The Morgan fingerprint density at radius 3 is 2.88 bits per heavy atom. The molecule has 1 aromatic rings. The first-order chi connectivity index (χ1) is 8.15. The summed E-state index contributed by atoms with van der Waals surface area (Å²) in [5, 5.41) is 6.61. The number of carbonyl (C=O) groups is 1. The van der Waals surface area contributed by atoms with E-state index in [1.54, 1.807) is 18.2 Å². The number of rotatable bonds is 5. The molecule has 1 aliphatic carbocycles. The summed E-state index contributed by atoms with van der Waals surface area (Å²) in [5.41, 5.74) is 0.743. The summed E-state index contributed by atoms with van der Waals surface area (Å²) >= 11 is 9.18. The Kier molecular flexibility index (Phi) is 4.42. The number of nitrogens with one attached hydrogen (secondary N) is 2. The number of benzene rings is 1. The zero-order valence-corrected chi connectivity index (χ0v) is 11.6. The summed E-state index contributed by atoms with van der Waals surface area (Å²) in [5.74, 6) is 0.749. The molecule has 3 nitrogen and oxygen atoms in total. The molecule has 1 saturated carbocycles. The molecule has 1 amide bonds. The van der Waals surface area contributed by atoms with Crippen molar-refractivity contribution in [2.45, 2.75) is 12.8 Å². The van der Waals surface area contributed by atoms with Crippen molar-refractivity contribution < 1.29 is 4.79 Å². The first-order valence-electron chi connectivity index (χ1n) is 5.61. The molecule has 0 bridgehead atoms. The van der Waals surface area contributed by atoms with E-state index in [1.165, 1.54) is 12.8 Å². The van der Waals surface area contributed by atoms with Crippen molar-refractivity contribution in [2.24, 2.45) is 5.92 Å². The van der Waals surface area contributed by atoms with Gasteiger partial charge in [0.2, 0.25) is 5.91 Å². The first-order valence-corrected chi connectivity index (χ1v) is 6.78. The van der Waals surface area contributed by atoms with Crippen molar-refractivity contribution >= 4 is 39.1 Å². The second kappa shape index (κ2) is 5.85. The lowest BCUT2D eigenvalue weighted by atomic mass is 10.3. The van der Waals surface area contributed by atoms with Crippen LogP contribution in [0.3, 0.4) is 0 Å². The van der Waals surface area contributed by atoms with Crippen LogP contribution in [0.2, 0.25) is 5.02 Å². The quantitative estimate of drug-likeness (QED) is 0.876. The average molecular weight is 318 g/mol. The van der Waals surface area contributed by atoms with Crippen LogP contribution < -0.4 is 10.6 Å². The van der Waals surface area contributed by atoms with Gasteiger partial charge in [-0.2, -0.15) is 0 Å².